The summed E-state index contributed by atoms with van der Waals surface area (Å²) in [6, 6.07) is 7.59. The van der Waals surface area contributed by atoms with Gasteiger partial charge in [-0.25, -0.2) is 13.2 Å². The predicted molar refractivity (Wildman–Crippen MR) is 121 cm³/mol. The zero-order valence-electron chi connectivity index (χ0n) is 17.5. The molecular weight excluding hydrogens is 442 g/mol. The molecule has 0 unspecified atom stereocenters. The number of hydrogen-bond acceptors (Lipinski definition) is 6. The molecule has 166 valence electrons. The second-order valence-corrected chi connectivity index (χ2v) is 9.01. The summed E-state index contributed by atoms with van der Waals surface area (Å²) in [4.78, 5) is 25.4. The molecule has 1 heterocycles. The number of hydrogen-bond donors (Lipinski definition) is 2. The highest BCUT2D eigenvalue weighted by atomic mass is 35.5. The van der Waals surface area contributed by atoms with Crippen LogP contribution in [0.1, 0.15) is 36.7 Å². The van der Waals surface area contributed by atoms with Crippen molar-refractivity contribution in [3.63, 3.8) is 0 Å². The van der Waals surface area contributed by atoms with E-state index in [1.54, 1.807) is 24.0 Å². The highest BCUT2D eigenvalue weighted by Crippen LogP contribution is 2.36. The number of carbonyl (C=O) groups is 2. The fourth-order valence-corrected chi connectivity index (χ4v) is 5.08. The van der Waals surface area contributed by atoms with Gasteiger partial charge in [-0.1, -0.05) is 11.6 Å². The Hall–Kier alpha value is -2.78. The van der Waals surface area contributed by atoms with Crippen LogP contribution < -0.4 is 14.9 Å². The molecule has 0 bridgehead atoms. The molecule has 1 amide bonds. The third-order valence-electron chi connectivity index (χ3n) is 4.84. The quantitative estimate of drug-likeness (QED) is 0.604. The van der Waals surface area contributed by atoms with Gasteiger partial charge in [0.1, 0.15) is 4.90 Å². The SMILES string of the molecule is CCNc1ccc(C(=O)OCC)cc1NS(=O)(=O)c1cc2c(cc1Cl)N(C(C)=O)CC2. The van der Waals surface area contributed by atoms with Gasteiger partial charge in [0.25, 0.3) is 10.0 Å². The van der Waals surface area contributed by atoms with Crippen molar-refractivity contribution in [1.82, 2.24) is 0 Å². The van der Waals surface area contributed by atoms with Gasteiger partial charge in [0, 0.05) is 25.7 Å². The molecule has 0 saturated heterocycles. The molecule has 3 rings (SSSR count). The minimum atomic E-state index is -4.08. The number of amides is 1. The van der Waals surface area contributed by atoms with E-state index in [0.29, 0.717) is 30.9 Å². The monoisotopic (exact) mass is 465 g/mol. The normalized spacial score (nSPS) is 13.0. The molecule has 31 heavy (non-hydrogen) atoms. The fraction of sp³-hybridized carbons (Fsp3) is 0.333. The Morgan fingerprint density at radius 1 is 1.16 bits per heavy atom. The molecule has 8 nitrogen and oxygen atoms in total. The molecule has 10 heteroatoms. The van der Waals surface area contributed by atoms with Crippen LogP contribution in [0, 0.1) is 0 Å². The molecule has 0 spiro atoms. The van der Waals surface area contributed by atoms with Crippen LogP contribution in [0.3, 0.4) is 0 Å². The topological polar surface area (TPSA) is 105 Å². The van der Waals surface area contributed by atoms with Gasteiger partial charge in [-0.05, 0) is 56.2 Å². The number of ether oxygens (including phenoxy) is 1. The van der Waals surface area contributed by atoms with E-state index in [2.05, 4.69) is 10.0 Å². The number of anilines is 3. The standard InChI is InChI=1S/C21H24ClN3O5S/c1-4-23-17-7-6-15(21(27)30-5-2)10-18(17)24-31(28,29)20-11-14-8-9-25(13(3)26)19(14)12-16(20)22/h6-7,10-12,23-24H,4-5,8-9H2,1-3H3. The third kappa shape index (κ3) is 4.77. The van der Waals surface area contributed by atoms with Gasteiger partial charge < -0.3 is 15.0 Å². The molecule has 0 saturated carbocycles. The Labute approximate surface area is 186 Å². The number of nitrogens with one attached hydrogen (secondary N) is 2. The van der Waals surface area contributed by atoms with Crippen molar-refractivity contribution in [2.75, 3.05) is 34.6 Å². The summed E-state index contributed by atoms with van der Waals surface area (Å²) in [5.74, 6) is -0.680. The van der Waals surface area contributed by atoms with Gasteiger partial charge in [-0.15, -0.1) is 0 Å². The van der Waals surface area contributed by atoms with Gasteiger partial charge in [-0.3, -0.25) is 9.52 Å². The molecule has 0 atom stereocenters. The van der Waals surface area contributed by atoms with E-state index in [4.69, 9.17) is 16.3 Å². The van der Waals surface area contributed by atoms with Crippen molar-refractivity contribution in [1.29, 1.82) is 0 Å². The van der Waals surface area contributed by atoms with E-state index in [0.717, 1.165) is 5.56 Å². The van der Waals surface area contributed by atoms with E-state index in [-0.39, 0.29) is 33.7 Å². The molecule has 1 aliphatic rings. The van der Waals surface area contributed by atoms with Crippen LogP contribution in [0.5, 0.6) is 0 Å². The van der Waals surface area contributed by atoms with Gasteiger partial charge in [0.05, 0.1) is 28.6 Å². The lowest BCUT2D eigenvalue weighted by atomic mass is 10.1. The van der Waals surface area contributed by atoms with Crippen LogP contribution in [0.25, 0.3) is 0 Å². The number of sulfonamides is 1. The highest BCUT2D eigenvalue weighted by Gasteiger charge is 2.28. The van der Waals surface area contributed by atoms with Crippen molar-refractivity contribution in [3.05, 3.63) is 46.5 Å². The minimum Gasteiger partial charge on any atom is -0.462 e. The number of halogens is 1. The maximum absolute atomic E-state index is 13.2. The van der Waals surface area contributed by atoms with Crippen molar-refractivity contribution in [2.45, 2.75) is 32.1 Å². The third-order valence-corrected chi connectivity index (χ3v) is 6.67. The first-order valence-electron chi connectivity index (χ1n) is 9.86. The average Bonchev–Trinajstić information content (AvgIpc) is 3.11. The number of esters is 1. The number of nitrogens with zero attached hydrogens (tertiary/aromatic N) is 1. The summed E-state index contributed by atoms with van der Waals surface area (Å²) >= 11 is 6.31. The Bertz CT molecular complexity index is 1130. The Balaban J connectivity index is 2.00. The summed E-state index contributed by atoms with van der Waals surface area (Å²) in [5.41, 5.74) is 2.29. The number of fused-ring (bicyclic) bond motifs is 1. The summed E-state index contributed by atoms with van der Waals surface area (Å²) in [5, 5.41) is 3.07. The van der Waals surface area contributed by atoms with Gasteiger partial charge >= 0.3 is 5.97 Å². The molecule has 1 aliphatic heterocycles. The second-order valence-electron chi connectivity index (χ2n) is 6.95. The van der Waals surface area contributed by atoms with Crippen molar-refractivity contribution >= 4 is 50.6 Å². The molecule has 0 aliphatic carbocycles. The largest absolute Gasteiger partial charge is 0.462 e. The lowest BCUT2D eigenvalue weighted by Gasteiger charge is -2.18. The zero-order valence-corrected chi connectivity index (χ0v) is 19.1. The molecule has 0 radical (unpaired) electrons. The van der Waals surface area contributed by atoms with Crippen LogP contribution in [-0.2, 0) is 26.0 Å². The van der Waals surface area contributed by atoms with E-state index < -0.39 is 16.0 Å². The first-order chi connectivity index (χ1) is 14.7. The highest BCUT2D eigenvalue weighted by molar-refractivity contribution is 7.92. The van der Waals surface area contributed by atoms with Crippen LogP contribution in [0.4, 0.5) is 17.1 Å². The van der Waals surface area contributed by atoms with Crippen LogP contribution in [0.15, 0.2) is 35.2 Å². The van der Waals surface area contributed by atoms with Gasteiger partial charge in [-0.2, -0.15) is 0 Å². The molecule has 2 N–H and O–H groups in total. The first kappa shape index (κ1) is 22.9. The Kier molecular flexibility index (Phi) is 6.76. The van der Waals surface area contributed by atoms with Crippen molar-refractivity contribution in [3.8, 4) is 0 Å². The average molecular weight is 466 g/mol. The smallest absolute Gasteiger partial charge is 0.338 e. The number of benzene rings is 2. The van der Waals surface area contributed by atoms with Crippen LogP contribution in [0.2, 0.25) is 5.02 Å². The zero-order chi connectivity index (χ0) is 22.8. The maximum atomic E-state index is 13.2. The summed E-state index contributed by atoms with van der Waals surface area (Å²) in [6.45, 7) is 6.25. The van der Waals surface area contributed by atoms with Crippen LogP contribution in [-0.4, -0.2) is 40.0 Å². The molecule has 0 aromatic heterocycles. The Morgan fingerprint density at radius 3 is 2.55 bits per heavy atom. The molecule has 2 aromatic carbocycles. The van der Waals surface area contributed by atoms with Gasteiger partial charge in [0.2, 0.25) is 5.91 Å². The number of rotatable bonds is 7. The van der Waals surface area contributed by atoms with E-state index >= 15 is 0 Å². The lowest BCUT2D eigenvalue weighted by Crippen LogP contribution is -2.25. The molecular formula is C21H24ClN3O5S. The van der Waals surface area contributed by atoms with Crippen LogP contribution >= 0.6 is 11.6 Å². The lowest BCUT2D eigenvalue weighted by molar-refractivity contribution is -0.116. The summed E-state index contributed by atoms with van der Waals surface area (Å²) in [7, 11) is -4.08. The fourth-order valence-electron chi connectivity index (χ4n) is 3.44. The Morgan fingerprint density at radius 2 is 1.90 bits per heavy atom. The molecule has 0 fully saturated rings. The molecule has 2 aromatic rings. The van der Waals surface area contributed by atoms with Crippen molar-refractivity contribution < 1.29 is 22.7 Å². The van der Waals surface area contributed by atoms with Crippen molar-refractivity contribution in [2.24, 2.45) is 0 Å². The first-order valence-corrected chi connectivity index (χ1v) is 11.7. The maximum Gasteiger partial charge on any atom is 0.338 e. The summed E-state index contributed by atoms with van der Waals surface area (Å²) in [6.07, 6.45) is 0.537. The number of carbonyl (C=O) groups excluding carboxylic acids is 2. The van der Waals surface area contributed by atoms with E-state index in [1.165, 1.54) is 25.1 Å². The van der Waals surface area contributed by atoms with E-state index in [9.17, 15) is 18.0 Å². The predicted octanol–water partition coefficient (Wildman–Crippen LogP) is 3.66. The minimum absolute atomic E-state index is 0.00551. The van der Waals surface area contributed by atoms with Gasteiger partial charge in [0.15, 0.2) is 0 Å². The summed E-state index contributed by atoms with van der Waals surface area (Å²) < 4.78 is 33.9. The van der Waals surface area contributed by atoms with E-state index in [1.807, 2.05) is 6.92 Å². The second kappa shape index (κ2) is 9.15.